The summed E-state index contributed by atoms with van der Waals surface area (Å²) >= 11 is 0. The van der Waals surface area contributed by atoms with Gasteiger partial charge >= 0.3 is 0 Å². The van der Waals surface area contributed by atoms with Crippen LogP contribution in [0.3, 0.4) is 0 Å². The highest BCUT2D eigenvalue weighted by Crippen LogP contribution is 2.12. The van der Waals surface area contributed by atoms with Crippen molar-refractivity contribution in [1.82, 2.24) is 0 Å². The fourth-order valence-corrected chi connectivity index (χ4v) is 1.50. The third-order valence-electron chi connectivity index (χ3n) is 2.18. The Balaban J connectivity index is 2.50. The molecular weight excluding hydrogens is 170 g/mol. The Hall–Kier alpha value is -0.980. The van der Waals surface area contributed by atoms with E-state index in [1.54, 1.807) is 0 Å². The molecule has 1 rings (SSSR count). The molecule has 1 N–H and O–H groups in total. The first kappa shape index (κ1) is 11.1. The predicted molar refractivity (Wildman–Crippen MR) is 63.8 cm³/mol. The molecule has 0 bridgehead atoms. The van der Waals surface area contributed by atoms with Gasteiger partial charge in [0.15, 0.2) is 0 Å². The van der Waals surface area contributed by atoms with Gasteiger partial charge in [-0.2, -0.15) is 0 Å². The van der Waals surface area contributed by atoms with Crippen molar-refractivity contribution in [2.45, 2.75) is 33.6 Å². The standard InChI is InChI=1S/C13H21N/c1-4-9-14-13-7-5-12(6-8-13)10-11(2)3/h5-8,11,14H,4,9-10H2,1-3H3. The lowest BCUT2D eigenvalue weighted by Gasteiger charge is -2.07. The Morgan fingerprint density at radius 1 is 1.14 bits per heavy atom. The summed E-state index contributed by atoms with van der Waals surface area (Å²) in [5, 5.41) is 3.37. The van der Waals surface area contributed by atoms with E-state index < -0.39 is 0 Å². The largest absolute Gasteiger partial charge is 0.385 e. The molecule has 78 valence electrons. The van der Waals surface area contributed by atoms with Gasteiger partial charge in [-0.05, 0) is 36.5 Å². The van der Waals surface area contributed by atoms with Gasteiger partial charge in [-0.1, -0.05) is 32.9 Å². The van der Waals surface area contributed by atoms with Crippen LogP contribution >= 0.6 is 0 Å². The van der Waals surface area contributed by atoms with E-state index in [-0.39, 0.29) is 0 Å². The molecule has 1 aromatic rings. The van der Waals surface area contributed by atoms with Gasteiger partial charge in [0, 0.05) is 12.2 Å². The summed E-state index contributed by atoms with van der Waals surface area (Å²) in [5.41, 5.74) is 2.67. The molecule has 0 radical (unpaired) electrons. The average Bonchev–Trinajstić information content (AvgIpc) is 2.16. The van der Waals surface area contributed by atoms with E-state index >= 15 is 0 Å². The van der Waals surface area contributed by atoms with Crippen LogP contribution in [0.25, 0.3) is 0 Å². The molecule has 0 aliphatic carbocycles. The summed E-state index contributed by atoms with van der Waals surface area (Å²) in [6.45, 7) is 7.75. The average molecular weight is 191 g/mol. The molecule has 0 saturated heterocycles. The first-order chi connectivity index (χ1) is 6.72. The van der Waals surface area contributed by atoms with Crippen molar-refractivity contribution >= 4 is 5.69 Å². The van der Waals surface area contributed by atoms with E-state index in [0.29, 0.717) is 0 Å². The van der Waals surface area contributed by atoms with Crippen molar-refractivity contribution in [2.24, 2.45) is 5.92 Å². The molecule has 1 heteroatoms. The van der Waals surface area contributed by atoms with Crippen molar-refractivity contribution in [2.75, 3.05) is 11.9 Å². The monoisotopic (exact) mass is 191 g/mol. The van der Waals surface area contributed by atoms with Crippen molar-refractivity contribution in [1.29, 1.82) is 0 Å². The van der Waals surface area contributed by atoms with Crippen LogP contribution in [0.5, 0.6) is 0 Å². The molecule has 0 atom stereocenters. The maximum absolute atomic E-state index is 3.37. The zero-order valence-electron chi connectivity index (χ0n) is 9.51. The predicted octanol–water partition coefficient (Wildman–Crippen LogP) is 3.71. The first-order valence-corrected chi connectivity index (χ1v) is 5.55. The zero-order chi connectivity index (χ0) is 10.4. The number of hydrogen-bond acceptors (Lipinski definition) is 1. The summed E-state index contributed by atoms with van der Waals surface area (Å²) in [7, 11) is 0. The van der Waals surface area contributed by atoms with Gasteiger partial charge in [0.2, 0.25) is 0 Å². The third kappa shape index (κ3) is 3.82. The Bertz CT molecular complexity index is 248. The summed E-state index contributed by atoms with van der Waals surface area (Å²) in [6, 6.07) is 8.79. The highest BCUT2D eigenvalue weighted by Gasteiger charge is 1.97. The first-order valence-electron chi connectivity index (χ1n) is 5.55. The third-order valence-corrected chi connectivity index (χ3v) is 2.18. The van der Waals surface area contributed by atoms with Crippen LogP contribution in [0.4, 0.5) is 5.69 Å². The molecule has 0 fully saturated rings. The fraction of sp³-hybridized carbons (Fsp3) is 0.538. The van der Waals surface area contributed by atoms with Gasteiger partial charge in [0.1, 0.15) is 0 Å². The van der Waals surface area contributed by atoms with Crippen LogP contribution < -0.4 is 5.32 Å². The second-order valence-electron chi connectivity index (χ2n) is 4.22. The van der Waals surface area contributed by atoms with Crippen LogP contribution in [0.15, 0.2) is 24.3 Å². The zero-order valence-corrected chi connectivity index (χ0v) is 9.51. The minimum absolute atomic E-state index is 0.740. The normalized spacial score (nSPS) is 10.6. The van der Waals surface area contributed by atoms with Gasteiger partial charge in [-0.3, -0.25) is 0 Å². The van der Waals surface area contributed by atoms with Gasteiger partial charge in [0.05, 0.1) is 0 Å². The second-order valence-corrected chi connectivity index (χ2v) is 4.22. The molecular formula is C13H21N. The van der Waals surface area contributed by atoms with Crippen LogP contribution in [0.1, 0.15) is 32.8 Å². The summed E-state index contributed by atoms with van der Waals surface area (Å²) in [6.07, 6.45) is 2.35. The lowest BCUT2D eigenvalue weighted by molar-refractivity contribution is 0.647. The summed E-state index contributed by atoms with van der Waals surface area (Å²) in [5.74, 6) is 0.740. The molecule has 1 aromatic carbocycles. The van der Waals surface area contributed by atoms with Gasteiger partial charge in [-0.15, -0.1) is 0 Å². The number of anilines is 1. The molecule has 0 spiro atoms. The molecule has 1 nitrogen and oxygen atoms in total. The van der Waals surface area contributed by atoms with Crippen molar-refractivity contribution < 1.29 is 0 Å². The number of rotatable bonds is 5. The van der Waals surface area contributed by atoms with Crippen molar-refractivity contribution in [3.05, 3.63) is 29.8 Å². The maximum atomic E-state index is 3.37. The quantitative estimate of drug-likeness (QED) is 0.748. The maximum Gasteiger partial charge on any atom is 0.0340 e. The number of hydrogen-bond donors (Lipinski definition) is 1. The SMILES string of the molecule is CCCNc1ccc(CC(C)C)cc1. The Labute approximate surface area is 87.5 Å². The van der Waals surface area contributed by atoms with Gasteiger partial charge in [0.25, 0.3) is 0 Å². The van der Waals surface area contributed by atoms with Crippen LogP contribution in [0.2, 0.25) is 0 Å². The van der Waals surface area contributed by atoms with Crippen LogP contribution in [0, 0.1) is 5.92 Å². The lowest BCUT2D eigenvalue weighted by Crippen LogP contribution is -2.00. The molecule has 0 aromatic heterocycles. The summed E-state index contributed by atoms with van der Waals surface area (Å²) < 4.78 is 0. The Morgan fingerprint density at radius 3 is 2.29 bits per heavy atom. The Morgan fingerprint density at radius 2 is 1.79 bits per heavy atom. The molecule has 0 saturated carbocycles. The topological polar surface area (TPSA) is 12.0 Å². The van der Waals surface area contributed by atoms with Gasteiger partial charge in [-0.25, -0.2) is 0 Å². The highest BCUT2D eigenvalue weighted by molar-refractivity contribution is 5.44. The second kappa shape index (κ2) is 5.69. The van der Waals surface area contributed by atoms with E-state index in [0.717, 1.165) is 12.5 Å². The Kier molecular flexibility index (Phi) is 4.51. The van der Waals surface area contributed by atoms with Crippen molar-refractivity contribution in [3.63, 3.8) is 0 Å². The van der Waals surface area contributed by atoms with Crippen molar-refractivity contribution in [3.8, 4) is 0 Å². The molecule has 0 aliphatic heterocycles. The van der Waals surface area contributed by atoms with E-state index in [4.69, 9.17) is 0 Å². The van der Waals surface area contributed by atoms with Gasteiger partial charge < -0.3 is 5.32 Å². The summed E-state index contributed by atoms with van der Waals surface area (Å²) in [4.78, 5) is 0. The number of benzene rings is 1. The molecule has 14 heavy (non-hydrogen) atoms. The van der Waals surface area contributed by atoms with E-state index in [9.17, 15) is 0 Å². The molecule has 0 heterocycles. The lowest BCUT2D eigenvalue weighted by atomic mass is 10.0. The molecule has 0 amide bonds. The van der Waals surface area contributed by atoms with E-state index in [1.807, 2.05) is 0 Å². The van der Waals surface area contributed by atoms with Crippen LogP contribution in [-0.2, 0) is 6.42 Å². The number of nitrogens with one attached hydrogen (secondary N) is 1. The smallest absolute Gasteiger partial charge is 0.0340 e. The van der Waals surface area contributed by atoms with E-state index in [1.165, 1.54) is 24.1 Å². The van der Waals surface area contributed by atoms with E-state index in [2.05, 4.69) is 50.4 Å². The fourth-order valence-electron chi connectivity index (χ4n) is 1.50. The minimum Gasteiger partial charge on any atom is -0.385 e. The molecule has 0 aliphatic rings. The molecule has 0 unspecified atom stereocenters. The van der Waals surface area contributed by atoms with Crippen LogP contribution in [-0.4, -0.2) is 6.54 Å². The minimum atomic E-state index is 0.740. The highest BCUT2D eigenvalue weighted by atomic mass is 14.9.